The lowest BCUT2D eigenvalue weighted by Crippen LogP contribution is -2.44. The van der Waals surface area contributed by atoms with Crippen LogP contribution in [0, 0.1) is 0 Å². The van der Waals surface area contributed by atoms with Crippen LogP contribution in [0.25, 0.3) is 0 Å². The van der Waals surface area contributed by atoms with Gasteiger partial charge in [-0.3, -0.25) is 19.5 Å². The summed E-state index contributed by atoms with van der Waals surface area (Å²) in [5.74, 6) is 0.131. The quantitative estimate of drug-likeness (QED) is 0.279. The van der Waals surface area contributed by atoms with Gasteiger partial charge in [0.1, 0.15) is 0 Å². The van der Waals surface area contributed by atoms with E-state index in [1.54, 1.807) is 31.4 Å². The minimum absolute atomic E-state index is 0. The van der Waals surface area contributed by atoms with Gasteiger partial charge in [-0.1, -0.05) is 12.1 Å². The van der Waals surface area contributed by atoms with Gasteiger partial charge < -0.3 is 15.4 Å². The second kappa shape index (κ2) is 10.3. The molecule has 1 aromatic carbocycles. The summed E-state index contributed by atoms with van der Waals surface area (Å²) >= 11 is 0. The van der Waals surface area contributed by atoms with Gasteiger partial charge >= 0.3 is 0 Å². The fraction of sp³-hybridized carbons (Fsp3) is 0.471. The summed E-state index contributed by atoms with van der Waals surface area (Å²) in [6, 6.07) is 6.98. The number of amides is 2. The molecule has 0 aromatic heterocycles. The molecular formula is C17H25IN4O3. The number of ether oxygens (including phenoxy) is 1. The smallest absolute Gasteiger partial charge is 0.261 e. The molecule has 1 atom stereocenters. The van der Waals surface area contributed by atoms with Crippen molar-refractivity contribution in [1.82, 2.24) is 15.5 Å². The predicted octanol–water partition coefficient (Wildman–Crippen LogP) is 1.49. The van der Waals surface area contributed by atoms with Gasteiger partial charge in [-0.15, -0.1) is 24.0 Å². The first-order valence-electron chi connectivity index (χ1n) is 8.07. The average molecular weight is 460 g/mol. The van der Waals surface area contributed by atoms with Gasteiger partial charge in [-0.05, 0) is 26.0 Å². The minimum atomic E-state index is -0.253. The Morgan fingerprint density at radius 1 is 1.24 bits per heavy atom. The number of nitrogens with one attached hydrogen (secondary N) is 2. The van der Waals surface area contributed by atoms with Crippen molar-refractivity contribution in [3.8, 4) is 0 Å². The molecule has 2 rings (SSSR count). The lowest BCUT2D eigenvalue weighted by molar-refractivity contribution is 0.0659. The van der Waals surface area contributed by atoms with Crippen LogP contribution in [0.1, 0.15) is 34.6 Å². The highest BCUT2D eigenvalue weighted by atomic mass is 127. The van der Waals surface area contributed by atoms with Crippen LogP contribution in [0.3, 0.4) is 0 Å². The van der Waals surface area contributed by atoms with Crippen LogP contribution < -0.4 is 10.6 Å². The van der Waals surface area contributed by atoms with Gasteiger partial charge in [-0.2, -0.15) is 0 Å². The molecule has 1 aliphatic heterocycles. The fourth-order valence-corrected chi connectivity index (χ4v) is 2.55. The Hall–Kier alpha value is -1.68. The molecule has 8 heteroatoms. The van der Waals surface area contributed by atoms with Crippen LogP contribution in [0.5, 0.6) is 0 Å². The number of hydrogen-bond donors (Lipinski definition) is 2. The maximum absolute atomic E-state index is 12.3. The molecule has 1 aromatic rings. The van der Waals surface area contributed by atoms with Gasteiger partial charge in [-0.25, -0.2) is 0 Å². The number of nitrogens with zero attached hydrogens (tertiary/aromatic N) is 2. The van der Waals surface area contributed by atoms with Gasteiger partial charge in [0.15, 0.2) is 5.96 Å². The molecule has 2 N–H and O–H groups in total. The molecule has 138 valence electrons. The zero-order valence-electron chi connectivity index (χ0n) is 14.7. The number of benzene rings is 1. The molecule has 1 unspecified atom stereocenters. The summed E-state index contributed by atoms with van der Waals surface area (Å²) in [6.07, 6.45) is 0. The summed E-state index contributed by atoms with van der Waals surface area (Å²) < 4.78 is 5.09. The number of aliphatic imine (C=N–C) groups is 1. The standard InChI is InChI=1S/C17H24N4O3.HI/c1-4-18-17(20-12(2)11-24-3)19-9-10-21-15(22)13-7-5-6-8-14(13)16(21)23;/h5-8,12H,4,9-11H2,1-3H3,(H2,18,19,20);1H. The molecule has 1 heterocycles. The zero-order valence-corrected chi connectivity index (χ0v) is 17.1. The van der Waals surface area contributed by atoms with E-state index < -0.39 is 0 Å². The van der Waals surface area contributed by atoms with E-state index >= 15 is 0 Å². The SMILES string of the molecule is CCNC(=NCCN1C(=O)c2ccccc2C1=O)NC(C)COC.I. The van der Waals surface area contributed by atoms with E-state index in [9.17, 15) is 9.59 Å². The first-order valence-corrected chi connectivity index (χ1v) is 8.07. The summed E-state index contributed by atoms with van der Waals surface area (Å²) in [4.78, 5) is 30.2. The van der Waals surface area contributed by atoms with Crippen molar-refractivity contribution >= 4 is 41.8 Å². The molecule has 0 saturated carbocycles. The molecule has 0 saturated heterocycles. The van der Waals surface area contributed by atoms with Crippen LogP contribution in [0.15, 0.2) is 29.3 Å². The molecule has 2 amide bonds. The topological polar surface area (TPSA) is 83.0 Å². The molecule has 0 bridgehead atoms. The second-order valence-corrected chi connectivity index (χ2v) is 5.57. The Morgan fingerprint density at radius 2 is 1.84 bits per heavy atom. The maximum Gasteiger partial charge on any atom is 0.261 e. The number of halogens is 1. The summed E-state index contributed by atoms with van der Waals surface area (Å²) in [6.45, 7) is 5.83. The van der Waals surface area contributed by atoms with E-state index in [1.807, 2.05) is 13.8 Å². The maximum atomic E-state index is 12.3. The minimum Gasteiger partial charge on any atom is -0.383 e. The highest BCUT2D eigenvalue weighted by Gasteiger charge is 2.34. The van der Waals surface area contributed by atoms with Gasteiger partial charge in [0.05, 0.1) is 24.3 Å². The van der Waals surface area contributed by atoms with E-state index in [-0.39, 0.29) is 48.4 Å². The van der Waals surface area contributed by atoms with Crippen LogP contribution in [0.2, 0.25) is 0 Å². The Bertz CT molecular complexity index is 601. The average Bonchev–Trinajstić information content (AvgIpc) is 2.80. The number of fused-ring (bicyclic) bond motifs is 1. The normalized spacial score (nSPS) is 14.8. The van der Waals surface area contributed by atoms with Gasteiger partial charge in [0.25, 0.3) is 11.8 Å². The first-order chi connectivity index (χ1) is 11.6. The van der Waals surface area contributed by atoms with E-state index in [4.69, 9.17) is 4.74 Å². The lowest BCUT2D eigenvalue weighted by Gasteiger charge is -2.18. The highest BCUT2D eigenvalue weighted by Crippen LogP contribution is 2.21. The molecule has 0 spiro atoms. The van der Waals surface area contributed by atoms with Crippen molar-refractivity contribution in [1.29, 1.82) is 0 Å². The van der Waals surface area contributed by atoms with E-state index in [2.05, 4.69) is 15.6 Å². The molecular weight excluding hydrogens is 435 g/mol. The predicted molar refractivity (Wildman–Crippen MR) is 108 cm³/mol. The molecule has 0 fully saturated rings. The number of hydrogen-bond acceptors (Lipinski definition) is 4. The third kappa shape index (κ3) is 5.40. The van der Waals surface area contributed by atoms with Crippen molar-refractivity contribution in [2.75, 3.05) is 33.4 Å². The second-order valence-electron chi connectivity index (χ2n) is 5.57. The Kier molecular flexibility index (Phi) is 8.84. The van der Waals surface area contributed by atoms with Crippen molar-refractivity contribution in [2.24, 2.45) is 4.99 Å². The van der Waals surface area contributed by atoms with Crippen molar-refractivity contribution in [2.45, 2.75) is 19.9 Å². The van der Waals surface area contributed by atoms with E-state index in [1.165, 1.54) is 4.90 Å². The number of guanidine groups is 1. The van der Waals surface area contributed by atoms with Crippen LogP contribution in [-0.2, 0) is 4.74 Å². The summed E-state index contributed by atoms with van der Waals surface area (Å²) in [7, 11) is 1.64. The van der Waals surface area contributed by atoms with Crippen molar-refractivity contribution < 1.29 is 14.3 Å². The first kappa shape index (κ1) is 21.4. The molecule has 1 aliphatic rings. The van der Waals surface area contributed by atoms with Crippen LogP contribution in [0.4, 0.5) is 0 Å². The number of carbonyl (C=O) groups is 2. The molecule has 7 nitrogen and oxygen atoms in total. The van der Waals surface area contributed by atoms with Gasteiger partial charge in [0, 0.05) is 26.2 Å². The number of rotatable bonds is 7. The number of carbonyl (C=O) groups excluding carboxylic acids is 2. The molecule has 0 aliphatic carbocycles. The van der Waals surface area contributed by atoms with Crippen LogP contribution in [-0.4, -0.2) is 62.1 Å². The largest absolute Gasteiger partial charge is 0.383 e. The van der Waals surface area contributed by atoms with E-state index in [0.717, 1.165) is 6.54 Å². The third-order valence-corrected chi connectivity index (χ3v) is 3.62. The summed E-state index contributed by atoms with van der Waals surface area (Å²) in [5, 5.41) is 6.34. The third-order valence-electron chi connectivity index (χ3n) is 3.62. The van der Waals surface area contributed by atoms with E-state index in [0.29, 0.717) is 30.2 Å². The number of imide groups is 1. The van der Waals surface area contributed by atoms with Crippen molar-refractivity contribution in [3.05, 3.63) is 35.4 Å². The lowest BCUT2D eigenvalue weighted by atomic mass is 10.1. The Morgan fingerprint density at radius 3 is 2.36 bits per heavy atom. The molecule has 0 radical (unpaired) electrons. The fourth-order valence-electron chi connectivity index (χ4n) is 2.55. The zero-order chi connectivity index (χ0) is 17.5. The van der Waals surface area contributed by atoms with Crippen molar-refractivity contribution in [3.63, 3.8) is 0 Å². The summed E-state index contributed by atoms with van der Waals surface area (Å²) in [5.41, 5.74) is 0.926. The van der Waals surface area contributed by atoms with Gasteiger partial charge in [0.2, 0.25) is 0 Å². The molecule has 25 heavy (non-hydrogen) atoms. The Labute approximate surface area is 165 Å². The monoisotopic (exact) mass is 460 g/mol. The van der Waals surface area contributed by atoms with Crippen LogP contribution >= 0.6 is 24.0 Å². The highest BCUT2D eigenvalue weighted by molar-refractivity contribution is 14.0. The Balaban J connectivity index is 0.00000312. The number of methoxy groups -OCH3 is 1.